The molecule has 6 nitrogen and oxygen atoms in total. The lowest BCUT2D eigenvalue weighted by Gasteiger charge is -2.25. The van der Waals surface area contributed by atoms with Crippen molar-refractivity contribution >= 4 is 17.6 Å². The molecular weight excluding hydrogens is 304 g/mol. The van der Waals surface area contributed by atoms with Crippen molar-refractivity contribution in [2.24, 2.45) is 0 Å². The molecule has 2 heterocycles. The molecule has 2 bridgehead atoms. The highest BCUT2D eigenvalue weighted by atomic mass is 16.2. The Labute approximate surface area is 143 Å². The number of likely N-dealkylation sites (tertiary alicyclic amines) is 1. The number of anilines is 1. The summed E-state index contributed by atoms with van der Waals surface area (Å²) in [5.41, 5.74) is 1.11. The summed E-state index contributed by atoms with van der Waals surface area (Å²) in [5.74, 6) is -0.00945. The van der Waals surface area contributed by atoms with Gasteiger partial charge in [-0.15, -0.1) is 0 Å². The van der Waals surface area contributed by atoms with Crippen LogP contribution >= 0.6 is 0 Å². The first-order chi connectivity index (χ1) is 11.5. The van der Waals surface area contributed by atoms with Crippen LogP contribution in [0.3, 0.4) is 0 Å². The highest BCUT2D eigenvalue weighted by Gasteiger charge is 2.32. The molecule has 2 aliphatic heterocycles. The van der Waals surface area contributed by atoms with Gasteiger partial charge in [-0.05, 0) is 45.2 Å². The van der Waals surface area contributed by atoms with Gasteiger partial charge in [0.1, 0.15) is 0 Å². The summed E-state index contributed by atoms with van der Waals surface area (Å²) in [4.78, 5) is 26.9. The molecule has 3 N–H and O–H groups in total. The zero-order chi connectivity index (χ0) is 17.1. The largest absolute Gasteiger partial charge is 0.337 e. The van der Waals surface area contributed by atoms with Crippen LogP contribution in [0.1, 0.15) is 43.5 Å². The average molecular weight is 330 g/mol. The van der Waals surface area contributed by atoms with Crippen molar-refractivity contribution in [1.29, 1.82) is 0 Å². The van der Waals surface area contributed by atoms with Crippen molar-refractivity contribution in [3.05, 3.63) is 29.8 Å². The Balaban J connectivity index is 1.73. The molecule has 0 saturated carbocycles. The summed E-state index contributed by atoms with van der Waals surface area (Å²) in [7, 11) is 0. The second-order valence-corrected chi connectivity index (χ2v) is 6.98. The van der Waals surface area contributed by atoms with E-state index in [2.05, 4.69) is 16.0 Å². The number of carbonyl (C=O) groups excluding carboxylic acids is 2. The van der Waals surface area contributed by atoms with Gasteiger partial charge in [-0.2, -0.15) is 0 Å². The maximum Gasteiger partial charge on any atom is 0.319 e. The summed E-state index contributed by atoms with van der Waals surface area (Å²) in [5, 5.41) is 9.17. The minimum Gasteiger partial charge on any atom is -0.337 e. The van der Waals surface area contributed by atoms with Crippen LogP contribution in [-0.4, -0.2) is 48.1 Å². The minimum absolute atomic E-state index is 0.00945. The molecule has 3 amide bonds. The van der Waals surface area contributed by atoms with Gasteiger partial charge in [-0.25, -0.2) is 4.79 Å². The van der Waals surface area contributed by atoms with Crippen molar-refractivity contribution in [2.75, 3.05) is 18.4 Å². The Hall–Kier alpha value is -2.08. The summed E-state index contributed by atoms with van der Waals surface area (Å²) >= 11 is 0. The summed E-state index contributed by atoms with van der Waals surface area (Å²) < 4.78 is 0. The summed E-state index contributed by atoms with van der Waals surface area (Å²) in [6.07, 6.45) is 3.33. The number of nitrogens with zero attached hydrogens (tertiary/aromatic N) is 1. The van der Waals surface area contributed by atoms with Gasteiger partial charge in [0, 0.05) is 31.2 Å². The third kappa shape index (κ3) is 3.87. The molecule has 24 heavy (non-hydrogen) atoms. The van der Waals surface area contributed by atoms with E-state index in [-0.39, 0.29) is 18.0 Å². The molecule has 2 saturated heterocycles. The van der Waals surface area contributed by atoms with Crippen molar-refractivity contribution in [3.63, 3.8) is 0 Å². The lowest BCUT2D eigenvalue weighted by molar-refractivity contribution is 0.0749. The molecule has 2 unspecified atom stereocenters. The number of fused-ring (bicyclic) bond motifs is 2. The van der Waals surface area contributed by atoms with Gasteiger partial charge in [0.15, 0.2) is 0 Å². The van der Waals surface area contributed by atoms with Gasteiger partial charge >= 0.3 is 6.03 Å². The molecule has 0 aliphatic carbocycles. The van der Waals surface area contributed by atoms with Crippen molar-refractivity contribution in [3.8, 4) is 0 Å². The molecule has 3 rings (SSSR count). The molecule has 0 aromatic heterocycles. The predicted octanol–water partition coefficient (Wildman–Crippen LogP) is 2.18. The van der Waals surface area contributed by atoms with Gasteiger partial charge in [0.25, 0.3) is 5.91 Å². The number of para-hydroxylation sites is 1. The minimum atomic E-state index is -0.290. The number of rotatable bonds is 3. The number of hydrogen-bond acceptors (Lipinski definition) is 3. The van der Waals surface area contributed by atoms with Crippen LogP contribution in [0.5, 0.6) is 0 Å². The molecule has 2 aliphatic rings. The van der Waals surface area contributed by atoms with Gasteiger partial charge in [-0.1, -0.05) is 12.1 Å². The first-order valence-electron chi connectivity index (χ1n) is 8.75. The number of benzene rings is 1. The fraction of sp³-hybridized carbons (Fsp3) is 0.556. The molecule has 2 fully saturated rings. The van der Waals surface area contributed by atoms with Crippen LogP contribution in [-0.2, 0) is 0 Å². The number of urea groups is 1. The zero-order valence-corrected chi connectivity index (χ0v) is 14.3. The first kappa shape index (κ1) is 16.8. The van der Waals surface area contributed by atoms with E-state index in [0.29, 0.717) is 23.3 Å². The van der Waals surface area contributed by atoms with Gasteiger partial charge in [0.05, 0.1) is 11.3 Å². The number of nitrogens with one attached hydrogen (secondary N) is 3. The number of amides is 3. The Morgan fingerprint density at radius 2 is 1.92 bits per heavy atom. The fourth-order valence-corrected chi connectivity index (χ4v) is 3.50. The third-order valence-corrected chi connectivity index (χ3v) is 4.64. The SMILES string of the molecule is CC(C)NC(=O)Nc1ccccc1C(=O)N1CCC2CCC(C1)N2. The predicted molar refractivity (Wildman–Crippen MR) is 94.2 cm³/mol. The van der Waals surface area contributed by atoms with Crippen molar-refractivity contribution in [1.82, 2.24) is 15.5 Å². The van der Waals surface area contributed by atoms with Gasteiger partial charge in [-0.3, -0.25) is 4.79 Å². The highest BCUT2D eigenvalue weighted by Crippen LogP contribution is 2.23. The van der Waals surface area contributed by atoms with Crippen LogP contribution in [0.2, 0.25) is 0 Å². The molecule has 130 valence electrons. The third-order valence-electron chi connectivity index (χ3n) is 4.64. The molecule has 6 heteroatoms. The van der Waals surface area contributed by atoms with Crippen LogP contribution in [0, 0.1) is 0 Å². The second-order valence-electron chi connectivity index (χ2n) is 6.98. The smallest absolute Gasteiger partial charge is 0.319 e. The molecule has 0 radical (unpaired) electrons. The molecular formula is C18H26N4O2. The Kier molecular flexibility index (Phi) is 5.04. The lowest BCUT2D eigenvalue weighted by Crippen LogP contribution is -2.40. The quantitative estimate of drug-likeness (QED) is 0.795. The standard InChI is InChI=1S/C18H26N4O2/c1-12(2)19-18(24)21-16-6-4-3-5-15(16)17(23)22-10-9-13-7-8-14(11-22)20-13/h3-6,12-14,20H,7-11H2,1-2H3,(H2,19,21,24). The topological polar surface area (TPSA) is 73.5 Å². The number of hydrogen-bond donors (Lipinski definition) is 3. The van der Waals surface area contributed by atoms with Crippen molar-refractivity contribution in [2.45, 2.75) is 51.2 Å². The molecule has 2 atom stereocenters. The highest BCUT2D eigenvalue weighted by molar-refractivity contribution is 6.03. The maximum atomic E-state index is 13.0. The fourth-order valence-electron chi connectivity index (χ4n) is 3.50. The van der Waals surface area contributed by atoms with E-state index in [1.165, 1.54) is 6.42 Å². The zero-order valence-electron chi connectivity index (χ0n) is 14.3. The number of carbonyl (C=O) groups is 2. The average Bonchev–Trinajstić information content (AvgIpc) is 2.85. The summed E-state index contributed by atoms with van der Waals surface area (Å²) in [6.45, 7) is 5.30. The lowest BCUT2D eigenvalue weighted by atomic mass is 10.1. The van der Waals surface area contributed by atoms with Gasteiger partial charge < -0.3 is 20.9 Å². The molecule has 0 spiro atoms. The van der Waals surface area contributed by atoms with Crippen LogP contribution in [0.25, 0.3) is 0 Å². The second kappa shape index (κ2) is 7.21. The monoisotopic (exact) mass is 330 g/mol. The molecule has 1 aromatic carbocycles. The van der Waals surface area contributed by atoms with E-state index in [9.17, 15) is 9.59 Å². The van der Waals surface area contributed by atoms with Gasteiger partial charge in [0.2, 0.25) is 0 Å². The maximum absolute atomic E-state index is 13.0. The van der Waals surface area contributed by atoms with E-state index in [4.69, 9.17) is 0 Å². The van der Waals surface area contributed by atoms with Crippen LogP contribution < -0.4 is 16.0 Å². The van der Waals surface area contributed by atoms with E-state index >= 15 is 0 Å². The van der Waals surface area contributed by atoms with E-state index in [0.717, 1.165) is 25.9 Å². The molecule has 1 aromatic rings. The normalized spacial score (nSPS) is 23.0. The van der Waals surface area contributed by atoms with Crippen LogP contribution in [0.4, 0.5) is 10.5 Å². The Bertz CT molecular complexity index is 617. The Morgan fingerprint density at radius 3 is 2.71 bits per heavy atom. The van der Waals surface area contributed by atoms with E-state index in [1.54, 1.807) is 12.1 Å². The van der Waals surface area contributed by atoms with E-state index < -0.39 is 0 Å². The summed E-state index contributed by atoms with van der Waals surface area (Å²) in [6, 6.07) is 7.90. The van der Waals surface area contributed by atoms with E-state index in [1.807, 2.05) is 30.9 Å². The first-order valence-corrected chi connectivity index (χ1v) is 8.75. The van der Waals surface area contributed by atoms with Crippen LogP contribution in [0.15, 0.2) is 24.3 Å². The van der Waals surface area contributed by atoms with Crippen molar-refractivity contribution < 1.29 is 9.59 Å². The Morgan fingerprint density at radius 1 is 1.17 bits per heavy atom.